The van der Waals surface area contributed by atoms with E-state index in [1.807, 2.05) is 103 Å². The zero-order chi connectivity index (χ0) is 30.7. The van der Waals surface area contributed by atoms with E-state index in [4.69, 9.17) is 31.0 Å². The fraction of sp³-hybridized carbons (Fsp3) is 0.0857. The third-order valence-electron chi connectivity index (χ3n) is 7.25. The Bertz CT molecular complexity index is 1930. The zero-order valence-corrected chi connectivity index (χ0v) is 25.3. The Kier molecular flexibility index (Phi) is 8.30. The van der Waals surface area contributed by atoms with E-state index in [1.165, 1.54) is 13.2 Å². The molecule has 0 fully saturated rings. The first-order chi connectivity index (χ1) is 21.3. The molecule has 6 rings (SSSR count). The number of benzene rings is 5. The predicted molar refractivity (Wildman–Crippen MR) is 172 cm³/mol. The Hall–Kier alpha value is -4.76. The molecule has 0 spiro atoms. The molecule has 9 heteroatoms. The molecule has 0 radical (unpaired) electrons. The lowest BCUT2D eigenvalue weighted by atomic mass is 9.89. The van der Waals surface area contributed by atoms with Gasteiger partial charge in [0.25, 0.3) is 0 Å². The number of hydrogen-bond acceptors (Lipinski definition) is 6. The second-order valence-electron chi connectivity index (χ2n) is 10.1. The van der Waals surface area contributed by atoms with E-state index >= 15 is 0 Å². The number of methoxy groups -OCH3 is 1. The van der Waals surface area contributed by atoms with Crippen LogP contribution >= 0.6 is 11.6 Å². The summed E-state index contributed by atoms with van der Waals surface area (Å²) < 4.78 is 43.3. The SMILES string of the molecule is COc1ccc(S(N)(=O)=O)c(-c2cccc(NC3=C(Cl)C(Oc4ccccc4)c4ccccc4C3Oc3ccccc3)c2)c1. The molecule has 3 N–H and O–H groups in total. The summed E-state index contributed by atoms with van der Waals surface area (Å²) in [6, 6.07) is 38.9. The van der Waals surface area contributed by atoms with E-state index in [-0.39, 0.29) is 4.90 Å². The van der Waals surface area contributed by atoms with Crippen molar-refractivity contribution < 1.29 is 22.6 Å². The van der Waals surface area contributed by atoms with E-state index in [9.17, 15) is 8.42 Å². The fourth-order valence-electron chi connectivity index (χ4n) is 5.21. The molecular formula is C35H29ClN2O5S. The molecule has 0 saturated carbocycles. The number of para-hydroxylation sites is 2. The average molecular weight is 625 g/mol. The van der Waals surface area contributed by atoms with Crippen LogP contribution in [0.1, 0.15) is 23.3 Å². The van der Waals surface area contributed by atoms with Gasteiger partial charge in [-0.2, -0.15) is 0 Å². The normalized spacial score (nSPS) is 16.2. The van der Waals surface area contributed by atoms with E-state index < -0.39 is 22.2 Å². The van der Waals surface area contributed by atoms with Crippen molar-refractivity contribution in [3.8, 4) is 28.4 Å². The second kappa shape index (κ2) is 12.5. The van der Waals surface area contributed by atoms with Gasteiger partial charge in [0.1, 0.15) is 17.2 Å². The van der Waals surface area contributed by atoms with Gasteiger partial charge in [0.2, 0.25) is 10.0 Å². The standard InChI is InChI=1S/C35H29ClN2O5S/c1-41-27-19-20-31(44(37,39)40)30(22-27)23-11-10-12-24(21-23)38-33-32(36)34(42-25-13-4-2-5-14-25)28-17-8-9-18-29(28)35(33)43-26-15-6-3-7-16-26/h2-22,34-35,38H,1H3,(H2,37,39,40). The van der Waals surface area contributed by atoms with Crippen LogP contribution in [-0.4, -0.2) is 15.5 Å². The van der Waals surface area contributed by atoms with Gasteiger partial charge in [-0.3, -0.25) is 0 Å². The third-order valence-corrected chi connectivity index (χ3v) is 8.62. The van der Waals surface area contributed by atoms with Crippen LogP contribution in [0.3, 0.4) is 0 Å². The van der Waals surface area contributed by atoms with Crippen molar-refractivity contribution in [3.05, 3.63) is 149 Å². The summed E-state index contributed by atoms with van der Waals surface area (Å²) in [6.45, 7) is 0. The molecule has 2 unspecified atom stereocenters. The minimum absolute atomic E-state index is 0.0131. The van der Waals surface area contributed by atoms with Gasteiger partial charge in [-0.15, -0.1) is 0 Å². The lowest BCUT2D eigenvalue weighted by Crippen LogP contribution is -2.27. The molecular weight excluding hydrogens is 596 g/mol. The number of nitrogens with two attached hydrogens (primary N) is 1. The first-order valence-corrected chi connectivity index (χ1v) is 15.7. The highest BCUT2D eigenvalue weighted by Crippen LogP contribution is 2.46. The maximum atomic E-state index is 12.5. The Morgan fingerprint density at radius 1 is 0.682 bits per heavy atom. The number of sulfonamides is 1. The van der Waals surface area contributed by atoms with Crippen molar-refractivity contribution >= 4 is 27.3 Å². The molecule has 2 atom stereocenters. The minimum atomic E-state index is -4.01. The summed E-state index contributed by atoms with van der Waals surface area (Å²) in [7, 11) is -2.49. The van der Waals surface area contributed by atoms with E-state index in [0.29, 0.717) is 44.8 Å². The summed E-state index contributed by atoms with van der Waals surface area (Å²) in [5, 5.41) is 9.47. The molecule has 0 bridgehead atoms. The number of fused-ring (bicyclic) bond motifs is 1. The fourth-order valence-corrected chi connectivity index (χ4v) is 6.26. The number of ether oxygens (including phenoxy) is 3. The van der Waals surface area contributed by atoms with Gasteiger partial charge in [0.15, 0.2) is 12.2 Å². The highest BCUT2D eigenvalue weighted by molar-refractivity contribution is 7.89. The quantitative estimate of drug-likeness (QED) is 0.173. The molecule has 0 aromatic heterocycles. The van der Waals surface area contributed by atoms with Gasteiger partial charge >= 0.3 is 0 Å². The summed E-state index contributed by atoms with van der Waals surface area (Å²) in [5.74, 6) is 1.84. The maximum Gasteiger partial charge on any atom is 0.238 e. The van der Waals surface area contributed by atoms with Crippen LogP contribution in [0.25, 0.3) is 11.1 Å². The first-order valence-electron chi connectivity index (χ1n) is 13.8. The number of nitrogens with one attached hydrogen (secondary N) is 1. The third kappa shape index (κ3) is 6.14. The van der Waals surface area contributed by atoms with Crippen LogP contribution in [0.15, 0.2) is 143 Å². The summed E-state index contributed by atoms with van der Waals surface area (Å²) in [5.41, 5.74) is 4.04. The molecule has 0 heterocycles. The molecule has 222 valence electrons. The van der Waals surface area contributed by atoms with Gasteiger partial charge in [-0.05, 0) is 60.2 Å². The van der Waals surface area contributed by atoms with Gasteiger partial charge < -0.3 is 19.5 Å². The smallest absolute Gasteiger partial charge is 0.238 e. The largest absolute Gasteiger partial charge is 0.497 e. The van der Waals surface area contributed by atoms with Crippen LogP contribution in [0.4, 0.5) is 5.69 Å². The summed E-state index contributed by atoms with van der Waals surface area (Å²) in [6.07, 6.45) is -1.21. The van der Waals surface area contributed by atoms with Crippen molar-refractivity contribution in [2.75, 3.05) is 12.4 Å². The van der Waals surface area contributed by atoms with Crippen molar-refractivity contribution in [2.24, 2.45) is 5.14 Å². The number of primary sulfonamides is 1. The zero-order valence-electron chi connectivity index (χ0n) is 23.7. The van der Waals surface area contributed by atoms with Gasteiger partial charge in [-0.1, -0.05) is 84.4 Å². The summed E-state index contributed by atoms with van der Waals surface area (Å²) in [4.78, 5) is -0.0131. The van der Waals surface area contributed by atoms with Crippen LogP contribution in [-0.2, 0) is 10.0 Å². The van der Waals surface area contributed by atoms with E-state index in [2.05, 4.69) is 5.32 Å². The Morgan fingerprint density at radius 3 is 1.89 bits per heavy atom. The van der Waals surface area contributed by atoms with Crippen LogP contribution < -0.4 is 24.7 Å². The highest BCUT2D eigenvalue weighted by atomic mass is 35.5. The van der Waals surface area contributed by atoms with Crippen molar-refractivity contribution in [1.82, 2.24) is 0 Å². The minimum Gasteiger partial charge on any atom is -0.497 e. The molecule has 5 aromatic carbocycles. The molecule has 44 heavy (non-hydrogen) atoms. The molecule has 0 saturated heterocycles. The molecule has 7 nitrogen and oxygen atoms in total. The average Bonchev–Trinajstić information content (AvgIpc) is 3.05. The van der Waals surface area contributed by atoms with Gasteiger partial charge in [0, 0.05) is 22.4 Å². The van der Waals surface area contributed by atoms with Crippen LogP contribution in [0.2, 0.25) is 0 Å². The molecule has 0 amide bonds. The second-order valence-corrected chi connectivity index (χ2v) is 12.1. The maximum absolute atomic E-state index is 12.5. The molecule has 0 aliphatic heterocycles. The molecule has 1 aliphatic rings. The Balaban J connectivity index is 1.46. The lowest BCUT2D eigenvalue weighted by molar-refractivity contribution is 0.204. The van der Waals surface area contributed by atoms with Crippen molar-refractivity contribution in [2.45, 2.75) is 17.1 Å². The van der Waals surface area contributed by atoms with Crippen molar-refractivity contribution in [3.63, 3.8) is 0 Å². The highest BCUT2D eigenvalue weighted by Gasteiger charge is 2.37. The number of anilines is 1. The van der Waals surface area contributed by atoms with Gasteiger partial charge in [0.05, 0.1) is 22.7 Å². The van der Waals surface area contributed by atoms with Crippen molar-refractivity contribution in [1.29, 1.82) is 0 Å². The number of hydrogen-bond donors (Lipinski definition) is 2. The lowest BCUT2D eigenvalue weighted by Gasteiger charge is -2.34. The predicted octanol–water partition coefficient (Wildman–Crippen LogP) is 7.83. The first kappa shape index (κ1) is 29.3. The Labute approximate surface area is 261 Å². The molecule has 1 aliphatic carbocycles. The van der Waals surface area contributed by atoms with E-state index in [0.717, 1.165) is 11.1 Å². The number of halogens is 1. The Morgan fingerprint density at radius 2 is 1.27 bits per heavy atom. The monoisotopic (exact) mass is 624 g/mol. The van der Waals surface area contributed by atoms with Gasteiger partial charge in [-0.25, -0.2) is 13.6 Å². The van der Waals surface area contributed by atoms with E-state index in [1.54, 1.807) is 18.2 Å². The topological polar surface area (TPSA) is 99.9 Å². The molecule has 5 aromatic rings. The van der Waals surface area contributed by atoms with Crippen LogP contribution in [0, 0.1) is 0 Å². The number of rotatable bonds is 9. The van der Waals surface area contributed by atoms with Crippen LogP contribution in [0.5, 0.6) is 17.2 Å². The summed E-state index contributed by atoms with van der Waals surface area (Å²) >= 11 is 7.22.